The topological polar surface area (TPSA) is 79.5 Å². The number of fused-ring (bicyclic) bond motifs is 1. The first-order chi connectivity index (χ1) is 13.1. The molecule has 0 unspecified atom stereocenters. The third-order valence-electron chi connectivity index (χ3n) is 4.36. The average molecular weight is 358 g/mol. The number of aryl methyl sites for hydroxylation is 1. The molecule has 2 heterocycles. The van der Waals surface area contributed by atoms with Gasteiger partial charge < -0.3 is 10.4 Å². The van der Waals surface area contributed by atoms with Crippen LogP contribution in [0.15, 0.2) is 66.9 Å². The summed E-state index contributed by atoms with van der Waals surface area (Å²) in [5, 5.41) is 21.2. The maximum absolute atomic E-state index is 12.8. The number of hydrogen-bond donors (Lipinski definition) is 2. The Morgan fingerprint density at radius 2 is 1.89 bits per heavy atom. The van der Waals surface area contributed by atoms with Crippen LogP contribution in [0, 0.1) is 6.92 Å². The highest BCUT2D eigenvalue weighted by Crippen LogP contribution is 2.25. The molecule has 2 aromatic heterocycles. The smallest absolute Gasteiger partial charge is 0.259 e. The number of aromatic hydroxyl groups is 1. The first kappa shape index (κ1) is 16.8. The zero-order chi connectivity index (χ0) is 18.8. The van der Waals surface area contributed by atoms with Crippen LogP contribution in [0.2, 0.25) is 0 Å². The van der Waals surface area contributed by atoms with Gasteiger partial charge in [-0.25, -0.2) is 0 Å². The summed E-state index contributed by atoms with van der Waals surface area (Å²) < 4.78 is 1.82. The molecule has 0 radical (unpaired) electrons. The number of pyridine rings is 1. The molecule has 0 aliphatic heterocycles. The lowest BCUT2D eigenvalue weighted by Crippen LogP contribution is -2.14. The Hall–Kier alpha value is -3.67. The molecule has 6 nitrogen and oxygen atoms in total. The van der Waals surface area contributed by atoms with Crippen LogP contribution in [0.4, 0.5) is 5.69 Å². The van der Waals surface area contributed by atoms with E-state index in [9.17, 15) is 9.90 Å². The number of benzene rings is 2. The van der Waals surface area contributed by atoms with Crippen molar-refractivity contribution in [3.8, 4) is 5.75 Å². The quantitative estimate of drug-likeness (QED) is 0.547. The Labute approximate surface area is 156 Å². The Kier molecular flexibility index (Phi) is 4.30. The van der Waals surface area contributed by atoms with E-state index in [4.69, 9.17) is 0 Å². The van der Waals surface area contributed by atoms with Crippen LogP contribution < -0.4 is 5.32 Å². The van der Waals surface area contributed by atoms with Gasteiger partial charge in [-0.1, -0.05) is 36.4 Å². The minimum Gasteiger partial charge on any atom is -0.506 e. The van der Waals surface area contributed by atoms with Crippen molar-refractivity contribution in [1.82, 2.24) is 14.6 Å². The summed E-state index contributed by atoms with van der Waals surface area (Å²) in [5.74, 6) is 0.427. The van der Waals surface area contributed by atoms with Gasteiger partial charge in [0.25, 0.3) is 5.91 Å². The molecule has 4 rings (SSSR count). The Balaban J connectivity index is 1.66. The lowest BCUT2D eigenvalue weighted by Gasteiger charge is -2.09. The minimum atomic E-state index is -0.347. The molecule has 27 heavy (non-hydrogen) atoms. The molecule has 2 N–H and O–H groups in total. The van der Waals surface area contributed by atoms with Crippen LogP contribution in [0.5, 0.6) is 5.75 Å². The number of carbonyl (C=O) groups excluding carboxylic acids is 1. The summed E-state index contributed by atoms with van der Waals surface area (Å²) in [4.78, 5) is 12.8. The van der Waals surface area contributed by atoms with Crippen molar-refractivity contribution in [3.63, 3.8) is 0 Å². The van der Waals surface area contributed by atoms with E-state index in [2.05, 4.69) is 15.5 Å². The lowest BCUT2D eigenvalue weighted by atomic mass is 10.1. The molecule has 2 aromatic carbocycles. The lowest BCUT2D eigenvalue weighted by molar-refractivity contribution is 0.102. The molecule has 1 amide bonds. The molecule has 0 aliphatic carbocycles. The molecule has 6 heteroatoms. The number of anilines is 1. The van der Waals surface area contributed by atoms with E-state index in [1.54, 1.807) is 30.3 Å². The van der Waals surface area contributed by atoms with E-state index in [0.29, 0.717) is 23.3 Å². The number of aromatic nitrogens is 3. The number of nitrogens with one attached hydrogen (secondary N) is 1. The zero-order valence-electron chi connectivity index (χ0n) is 14.8. The summed E-state index contributed by atoms with van der Waals surface area (Å²) in [6, 6.07) is 18.5. The van der Waals surface area contributed by atoms with Gasteiger partial charge in [-0.2, -0.15) is 0 Å². The van der Waals surface area contributed by atoms with Gasteiger partial charge in [-0.05, 0) is 42.3 Å². The molecular weight excluding hydrogens is 340 g/mol. The summed E-state index contributed by atoms with van der Waals surface area (Å²) in [7, 11) is 0. The number of phenolic OH excluding ortho intramolecular Hbond substituents is 1. The Bertz CT molecular complexity index is 1120. The molecule has 0 aliphatic rings. The van der Waals surface area contributed by atoms with E-state index in [1.807, 2.05) is 47.9 Å². The number of hydrogen-bond acceptors (Lipinski definition) is 4. The first-order valence-corrected chi connectivity index (χ1v) is 8.59. The largest absolute Gasteiger partial charge is 0.506 e. The fraction of sp³-hybridized carbons (Fsp3) is 0.0952. The number of rotatable bonds is 4. The Morgan fingerprint density at radius 1 is 1.07 bits per heavy atom. The van der Waals surface area contributed by atoms with Crippen LogP contribution >= 0.6 is 0 Å². The normalized spacial score (nSPS) is 10.9. The molecular formula is C21H18N4O2. The summed E-state index contributed by atoms with van der Waals surface area (Å²) in [6.07, 6.45) is 2.46. The van der Waals surface area contributed by atoms with Crippen molar-refractivity contribution in [2.24, 2.45) is 0 Å². The van der Waals surface area contributed by atoms with Gasteiger partial charge in [0.2, 0.25) is 0 Å². The SMILES string of the molecule is Cc1ccc(O)c(NC(=O)c2cccn3c(Cc4ccccc4)nnc23)c1. The standard InChI is InChI=1S/C21H18N4O2/c1-14-9-10-18(26)17(12-14)22-21(27)16-8-5-11-25-19(23-24-20(16)25)13-15-6-3-2-4-7-15/h2-12,26H,13H2,1H3,(H,22,27). The summed E-state index contributed by atoms with van der Waals surface area (Å²) in [6.45, 7) is 1.89. The van der Waals surface area contributed by atoms with E-state index in [0.717, 1.165) is 17.0 Å². The van der Waals surface area contributed by atoms with Gasteiger partial charge in [-0.3, -0.25) is 9.20 Å². The second-order valence-electron chi connectivity index (χ2n) is 6.37. The molecule has 0 atom stereocenters. The maximum Gasteiger partial charge on any atom is 0.259 e. The predicted molar refractivity (Wildman–Crippen MR) is 103 cm³/mol. The second-order valence-corrected chi connectivity index (χ2v) is 6.37. The van der Waals surface area contributed by atoms with Gasteiger partial charge >= 0.3 is 0 Å². The van der Waals surface area contributed by atoms with Crippen LogP contribution in [0.25, 0.3) is 5.65 Å². The number of carbonyl (C=O) groups is 1. The fourth-order valence-corrected chi connectivity index (χ4v) is 2.98. The predicted octanol–water partition coefficient (Wildman–Crippen LogP) is 3.59. The molecule has 0 bridgehead atoms. The number of phenols is 1. The molecule has 4 aromatic rings. The molecule has 0 saturated heterocycles. The zero-order valence-corrected chi connectivity index (χ0v) is 14.8. The van der Waals surface area contributed by atoms with E-state index >= 15 is 0 Å². The summed E-state index contributed by atoms with van der Waals surface area (Å²) >= 11 is 0. The number of nitrogens with zero attached hydrogens (tertiary/aromatic N) is 3. The van der Waals surface area contributed by atoms with Crippen molar-refractivity contribution in [1.29, 1.82) is 0 Å². The van der Waals surface area contributed by atoms with E-state index in [1.165, 1.54) is 0 Å². The van der Waals surface area contributed by atoms with Gasteiger partial charge in [0.15, 0.2) is 5.65 Å². The minimum absolute atomic E-state index is 0.0205. The molecule has 0 fully saturated rings. The molecule has 134 valence electrons. The second kappa shape index (κ2) is 6.92. The van der Waals surface area contributed by atoms with Crippen molar-refractivity contribution in [3.05, 3.63) is 89.4 Å². The highest BCUT2D eigenvalue weighted by Gasteiger charge is 2.16. The van der Waals surface area contributed by atoms with Crippen molar-refractivity contribution >= 4 is 17.2 Å². The van der Waals surface area contributed by atoms with Crippen LogP contribution in [-0.4, -0.2) is 25.6 Å². The van der Waals surface area contributed by atoms with Gasteiger partial charge in [0.1, 0.15) is 11.6 Å². The number of amides is 1. The Morgan fingerprint density at radius 3 is 2.70 bits per heavy atom. The molecule has 0 spiro atoms. The van der Waals surface area contributed by atoms with Crippen molar-refractivity contribution < 1.29 is 9.90 Å². The van der Waals surface area contributed by atoms with E-state index in [-0.39, 0.29) is 11.7 Å². The van der Waals surface area contributed by atoms with Crippen LogP contribution in [0.3, 0.4) is 0 Å². The van der Waals surface area contributed by atoms with Crippen LogP contribution in [0.1, 0.15) is 27.3 Å². The van der Waals surface area contributed by atoms with Crippen molar-refractivity contribution in [2.75, 3.05) is 5.32 Å². The summed E-state index contributed by atoms with van der Waals surface area (Å²) in [5.41, 5.74) is 3.30. The third kappa shape index (κ3) is 3.37. The van der Waals surface area contributed by atoms with Crippen molar-refractivity contribution in [2.45, 2.75) is 13.3 Å². The average Bonchev–Trinajstić information content (AvgIpc) is 3.08. The first-order valence-electron chi connectivity index (χ1n) is 8.59. The highest BCUT2D eigenvalue weighted by atomic mass is 16.3. The van der Waals surface area contributed by atoms with Gasteiger partial charge in [0.05, 0.1) is 11.3 Å². The fourth-order valence-electron chi connectivity index (χ4n) is 2.98. The third-order valence-corrected chi connectivity index (χ3v) is 4.36. The van der Waals surface area contributed by atoms with Crippen LogP contribution in [-0.2, 0) is 6.42 Å². The monoisotopic (exact) mass is 358 g/mol. The highest BCUT2D eigenvalue weighted by molar-refractivity contribution is 6.08. The molecule has 0 saturated carbocycles. The van der Waals surface area contributed by atoms with Gasteiger partial charge in [0, 0.05) is 12.6 Å². The van der Waals surface area contributed by atoms with E-state index < -0.39 is 0 Å². The van der Waals surface area contributed by atoms with Gasteiger partial charge in [-0.15, -0.1) is 10.2 Å². The maximum atomic E-state index is 12.8.